The number of hydrogen-bond acceptors (Lipinski definition) is 5. The number of carbonyl (C=O) groups excluding carboxylic acids is 2. The number of piperidine rings is 1. The Balaban J connectivity index is 1.23. The van der Waals surface area contributed by atoms with Gasteiger partial charge in [-0.05, 0) is 74.3 Å². The lowest BCUT2D eigenvalue weighted by molar-refractivity contribution is 0.0672. The Morgan fingerprint density at radius 3 is 2.40 bits per heavy atom. The molecule has 1 fully saturated rings. The minimum atomic E-state index is -3.95. The van der Waals surface area contributed by atoms with Gasteiger partial charge in [0.25, 0.3) is 5.91 Å². The SMILES string of the molecule is Cc1ccc2cc(C(=O)NS(=O)(=O)CC[C@@H]3CCCCN3C(=O)OCc3ccccc3)n(CCCc3ccccc3)c2c1. The van der Waals surface area contributed by atoms with E-state index < -0.39 is 22.0 Å². The minimum absolute atomic E-state index is 0.163. The third-order valence-corrected chi connectivity index (χ3v) is 9.29. The number of nitrogens with one attached hydrogen (secondary N) is 1. The first-order valence-corrected chi connectivity index (χ1v) is 16.6. The molecule has 4 aromatic rings. The number of ether oxygens (including phenoxy) is 1. The van der Waals surface area contributed by atoms with E-state index in [1.807, 2.05) is 78.2 Å². The number of aryl methyl sites for hydroxylation is 3. The third-order valence-electron chi connectivity index (χ3n) is 8.02. The van der Waals surface area contributed by atoms with Crippen LogP contribution >= 0.6 is 0 Å². The van der Waals surface area contributed by atoms with Crippen molar-refractivity contribution in [1.82, 2.24) is 14.2 Å². The van der Waals surface area contributed by atoms with Crippen LogP contribution in [0.15, 0.2) is 84.9 Å². The zero-order chi connectivity index (χ0) is 30.2. The van der Waals surface area contributed by atoms with Gasteiger partial charge < -0.3 is 14.2 Å². The first-order valence-electron chi connectivity index (χ1n) is 14.9. The first-order chi connectivity index (χ1) is 20.8. The van der Waals surface area contributed by atoms with E-state index in [1.165, 1.54) is 5.56 Å². The number of hydrogen-bond donors (Lipinski definition) is 1. The average molecular weight is 602 g/mol. The van der Waals surface area contributed by atoms with Crippen LogP contribution in [-0.4, -0.2) is 48.2 Å². The van der Waals surface area contributed by atoms with E-state index in [0.29, 0.717) is 25.2 Å². The van der Waals surface area contributed by atoms with Gasteiger partial charge >= 0.3 is 6.09 Å². The molecule has 43 heavy (non-hydrogen) atoms. The number of fused-ring (bicyclic) bond motifs is 1. The monoisotopic (exact) mass is 601 g/mol. The number of benzene rings is 3. The third kappa shape index (κ3) is 8.04. The number of carbonyl (C=O) groups is 2. The molecule has 0 bridgehead atoms. The molecule has 1 aromatic heterocycles. The molecule has 0 radical (unpaired) electrons. The number of amides is 2. The van der Waals surface area contributed by atoms with Crippen molar-refractivity contribution in [2.24, 2.45) is 0 Å². The topological polar surface area (TPSA) is 97.7 Å². The molecule has 0 unspecified atom stereocenters. The average Bonchev–Trinajstić information content (AvgIpc) is 3.37. The van der Waals surface area contributed by atoms with Gasteiger partial charge in [0, 0.05) is 30.0 Å². The van der Waals surface area contributed by atoms with Crippen molar-refractivity contribution >= 4 is 32.9 Å². The molecule has 0 spiro atoms. The maximum absolute atomic E-state index is 13.4. The molecule has 5 rings (SSSR count). The fourth-order valence-electron chi connectivity index (χ4n) is 5.76. The van der Waals surface area contributed by atoms with Gasteiger partial charge in [-0.15, -0.1) is 0 Å². The van der Waals surface area contributed by atoms with Crippen LogP contribution in [-0.2, 0) is 34.3 Å². The summed E-state index contributed by atoms with van der Waals surface area (Å²) >= 11 is 0. The van der Waals surface area contributed by atoms with Crippen LogP contribution in [0.4, 0.5) is 4.79 Å². The van der Waals surface area contributed by atoms with Gasteiger partial charge in [-0.25, -0.2) is 17.9 Å². The van der Waals surface area contributed by atoms with Crippen molar-refractivity contribution in [3.8, 4) is 0 Å². The van der Waals surface area contributed by atoms with Gasteiger partial charge in [0.15, 0.2) is 0 Å². The van der Waals surface area contributed by atoms with Crippen molar-refractivity contribution in [1.29, 1.82) is 0 Å². The van der Waals surface area contributed by atoms with E-state index >= 15 is 0 Å². The lowest BCUT2D eigenvalue weighted by Crippen LogP contribution is -2.45. The smallest absolute Gasteiger partial charge is 0.410 e. The largest absolute Gasteiger partial charge is 0.445 e. The first kappa shape index (κ1) is 30.4. The fourth-order valence-corrected chi connectivity index (χ4v) is 6.83. The lowest BCUT2D eigenvalue weighted by atomic mass is 10.0. The summed E-state index contributed by atoms with van der Waals surface area (Å²) in [4.78, 5) is 27.9. The second-order valence-corrected chi connectivity index (χ2v) is 13.1. The highest BCUT2D eigenvalue weighted by Gasteiger charge is 2.30. The molecule has 2 heterocycles. The van der Waals surface area contributed by atoms with Crippen LogP contribution in [0.3, 0.4) is 0 Å². The summed E-state index contributed by atoms with van der Waals surface area (Å²) in [5.41, 5.74) is 4.39. The van der Waals surface area contributed by atoms with E-state index in [1.54, 1.807) is 11.0 Å². The highest BCUT2D eigenvalue weighted by molar-refractivity contribution is 7.90. The molecule has 1 aliphatic heterocycles. The quantitative estimate of drug-likeness (QED) is 0.220. The summed E-state index contributed by atoms with van der Waals surface area (Å²) in [5.74, 6) is -0.907. The molecule has 0 saturated carbocycles. The highest BCUT2D eigenvalue weighted by Crippen LogP contribution is 2.24. The molecule has 0 aliphatic carbocycles. The predicted octanol–water partition coefficient (Wildman–Crippen LogP) is 6.22. The molecule has 1 N–H and O–H groups in total. The molecular formula is C34H39N3O5S. The lowest BCUT2D eigenvalue weighted by Gasteiger charge is -2.34. The van der Waals surface area contributed by atoms with E-state index in [9.17, 15) is 18.0 Å². The second-order valence-electron chi connectivity index (χ2n) is 11.3. The highest BCUT2D eigenvalue weighted by atomic mass is 32.2. The minimum Gasteiger partial charge on any atom is -0.445 e. The summed E-state index contributed by atoms with van der Waals surface area (Å²) in [7, 11) is -3.95. The Labute approximate surface area is 253 Å². The predicted molar refractivity (Wildman–Crippen MR) is 168 cm³/mol. The molecule has 9 heteroatoms. The van der Waals surface area contributed by atoms with Crippen molar-refractivity contribution < 1.29 is 22.7 Å². The molecule has 1 aliphatic rings. The number of nitrogens with zero attached hydrogens (tertiary/aromatic N) is 2. The Bertz CT molecular complexity index is 1650. The molecule has 1 saturated heterocycles. The van der Waals surface area contributed by atoms with Crippen molar-refractivity contribution in [3.63, 3.8) is 0 Å². The van der Waals surface area contributed by atoms with Crippen LogP contribution < -0.4 is 4.72 Å². The molecule has 2 amide bonds. The number of rotatable bonds is 11. The Hall–Kier alpha value is -4.11. The zero-order valence-corrected chi connectivity index (χ0v) is 25.4. The maximum atomic E-state index is 13.4. The van der Waals surface area contributed by atoms with E-state index in [2.05, 4.69) is 16.9 Å². The summed E-state index contributed by atoms with van der Waals surface area (Å²) < 4.78 is 36.0. The van der Waals surface area contributed by atoms with Crippen LogP contribution in [0.2, 0.25) is 0 Å². The van der Waals surface area contributed by atoms with Crippen LogP contribution in [0.5, 0.6) is 0 Å². The Morgan fingerprint density at radius 2 is 1.65 bits per heavy atom. The summed E-state index contributed by atoms with van der Waals surface area (Å²) in [6.07, 6.45) is 3.87. The number of sulfonamides is 1. The van der Waals surface area contributed by atoms with E-state index in [4.69, 9.17) is 4.74 Å². The number of likely N-dealkylation sites (tertiary alicyclic amines) is 1. The Kier molecular flexibility index (Phi) is 9.82. The maximum Gasteiger partial charge on any atom is 0.410 e. The van der Waals surface area contributed by atoms with Gasteiger partial charge in [0.05, 0.1) is 5.75 Å². The van der Waals surface area contributed by atoms with Crippen LogP contribution in [0.1, 0.15) is 59.3 Å². The van der Waals surface area contributed by atoms with Gasteiger partial charge in [-0.3, -0.25) is 4.79 Å². The van der Waals surface area contributed by atoms with E-state index in [-0.39, 0.29) is 24.8 Å². The standard InChI is InChI=1S/C34H39N3O5S/c1-26-17-18-29-24-32(37(31(29)23-26)21-10-15-27-11-4-2-5-12-27)33(38)35-43(40,41)22-19-30-16-8-9-20-36(30)34(39)42-25-28-13-6-3-7-14-28/h2-7,11-14,17-18,23-24,30H,8-10,15-16,19-22,25H2,1H3,(H,35,38)/t30-/m0/s1. The van der Waals surface area contributed by atoms with Crippen LogP contribution in [0, 0.1) is 6.92 Å². The van der Waals surface area contributed by atoms with Gasteiger partial charge in [-0.1, -0.05) is 72.8 Å². The van der Waals surface area contributed by atoms with Gasteiger partial charge in [0.2, 0.25) is 10.0 Å². The van der Waals surface area contributed by atoms with Crippen LogP contribution in [0.25, 0.3) is 10.9 Å². The fraction of sp³-hybridized carbons (Fsp3) is 0.353. The zero-order valence-electron chi connectivity index (χ0n) is 24.6. The molecule has 1 atom stereocenters. The van der Waals surface area contributed by atoms with Gasteiger partial charge in [-0.2, -0.15) is 0 Å². The second kappa shape index (κ2) is 13.9. The van der Waals surface area contributed by atoms with Crippen molar-refractivity contribution in [2.75, 3.05) is 12.3 Å². The Morgan fingerprint density at radius 1 is 0.930 bits per heavy atom. The van der Waals surface area contributed by atoms with Crippen molar-refractivity contribution in [3.05, 3.63) is 107 Å². The summed E-state index contributed by atoms with van der Waals surface area (Å²) in [6.45, 7) is 3.26. The van der Waals surface area contributed by atoms with Crippen molar-refractivity contribution in [2.45, 2.75) is 64.6 Å². The number of aromatic nitrogens is 1. The summed E-state index contributed by atoms with van der Waals surface area (Å²) in [5, 5.41) is 0.889. The molecule has 226 valence electrons. The molecule has 3 aromatic carbocycles. The molecular weight excluding hydrogens is 562 g/mol. The normalized spacial score (nSPS) is 15.4. The molecule has 8 nitrogen and oxygen atoms in total. The van der Waals surface area contributed by atoms with E-state index in [0.717, 1.165) is 47.7 Å². The van der Waals surface area contributed by atoms with Gasteiger partial charge in [0.1, 0.15) is 12.3 Å². The summed E-state index contributed by atoms with van der Waals surface area (Å²) in [6, 6.07) is 27.1.